The Balaban J connectivity index is 3.13. The predicted molar refractivity (Wildman–Crippen MR) is 49.2 cm³/mol. The van der Waals surface area contributed by atoms with E-state index in [0.29, 0.717) is 16.0 Å². The van der Waals surface area contributed by atoms with Gasteiger partial charge in [-0.2, -0.15) is 0 Å². The van der Waals surface area contributed by atoms with Gasteiger partial charge in [0.1, 0.15) is 11.5 Å². The molecule has 0 aliphatic heterocycles. The smallest absolute Gasteiger partial charge is 0.169 e. The molecule has 3 nitrogen and oxygen atoms in total. The van der Waals surface area contributed by atoms with Gasteiger partial charge in [0.05, 0.1) is 4.47 Å². The number of rotatable bonds is 2. The van der Waals surface area contributed by atoms with E-state index in [4.69, 9.17) is 0 Å². The van der Waals surface area contributed by atoms with E-state index in [1.54, 1.807) is 6.20 Å². The quantitative estimate of drug-likeness (QED) is 0.730. The Morgan fingerprint density at radius 3 is 2.75 bits per heavy atom. The number of hydrogen-bond acceptors (Lipinski definition) is 3. The number of hydrogen-bond donors (Lipinski definition) is 0. The fourth-order valence-corrected chi connectivity index (χ4v) is 1.04. The van der Waals surface area contributed by atoms with Crippen molar-refractivity contribution in [1.82, 2.24) is 9.97 Å². The maximum absolute atomic E-state index is 10.5. The van der Waals surface area contributed by atoms with Gasteiger partial charge < -0.3 is 0 Å². The lowest BCUT2D eigenvalue weighted by Crippen LogP contribution is -2.00. The van der Waals surface area contributed by atoms with Gasteiger partial charge in [0.2, 0.25) is 0 Å². The third-order valence-electron chi connectivity index (χ3n) is 1.42. The Morgan fingerprint density at radius 1 is 1.58 bits per heavy atom. The fourth-order valence-electron chi connectivity index (χ4n) is 0.755. The van der Waals surface area contributed by atoms with Crippen LogP contribution in [-0.4, -0.2) is 16.3 Å². The molecule has 0 aliphatic rings. The van der Waals surface area contributed by atoms with Crippen LogP contribution in [-0.2, 0) is 0 Å². The third-order valence-corrected chi connectivity index (χ3v) is 2.03. The van der Waals surface area contributed by atoms with E-state index in [0.717, 1.165) is 6.29 Å². The van der Waals surface area contributed by atoms with Gasteiger partial charge >= 0.3 is 0 Å². The second kappa shape index (κ2) is 3.76. The Kier molecular flexibility index (Phi) is 2.92. The zero-order valence-corrected chi connectivity index (χ0v) is 8.50. The molecule has 64 valence electrons. The van der Waals surface area contributed by atoms with Crippen molar-refractivity contribution < 1.29 is 4.79 Å². The van der Waals surface area contributed by atoms with Gasteiger partial charge in [0, 0.05) is 12.1 Å². The number of carbonyl (C=O) groups excluding carboxylic acids is 1. The van der Waals surface area contributed by atoms with Crippen LogP contribution in [0.3, 0.4) is 0 Å². The highest BCUT2D eigenvalue weighted by atomic mass is 79.9. The second-order valence-electron chi connectivity index (χ2n) is 2.73. The molecule has 0 radical (unpaired) electrons. The number of nitrogens with zero attached hydrogens (tertiary/aromatic N) is 2. The van der Waals surface area contributed by atoms with Crippen LogP contribution in [0, 0.1) is 0 Å². The number of aldehydes is 1. The molecule has 0 saturated carbocycles. The van der Waals surface area contributed by atoms with Gasteiger partial charge in [0.15, 0.2) is 6.29 Å². The molecule has 1 aromatic rings. The predicted octanol–water partition coefficient (Wildman–Crippen LogP) is 2.17. The van der Waals surface area contributed by atoms with E-state index in [-0.39, 0.29) is 5.92 Å². The minimum atomic E-state index is 0.247. The number of aromatic nitrogens is 2. The minimum Gasteiger partial charge on any atom is -0.296 e. The summed E-state index contributed by atoms with van der Waals surface area (Å²) in [5, 5.41) is 0. The normalized spacial score (nSPS) is 10.3. The Hall–Kier alpha value is -0.770. The molecule has 0 saturated heterocycles. The monoisotopic (exact) mass is 228 g/mol. The lowest BCUT2D eigenvalue weighted by atomic mass is 10.2. The summed E-state index contributed by atoms with van der Waals surface area (Å²) in [6, 6.07) is 0. The van der Waals surface area contributed by atoms with Gasteiger partial charge in [-0.05, 0) is 15.9 Å². The summed E-state index contributed by atoms with van der Waals surface area (Å²) >= 11 is 3.18. The first kappa shape index (κ1) is 9.32. The van der Waals surface area contributed by atoms with Crippen LogP contribution in [0.4, 0.5) is 0 Å². The topological polar surface area (TPSA) is 42.9 Å². The average Bonchev–Trinajstić information content (AvgIpc) is 2.05. The molecule has 0 unspecified atom stereocenters. The first-order valence-electron chi connectivity index (χ1n) is 3.62. The van der Waals surface area contributed by atoms with E-state index in [1.807, 2.05) is 13.8 Å². The summed E-state index contributed by atoms with van der Waals surface area (Å²) in [4.78, 5) is 18.6. The van der Waals surface area contributed by atoms with E-state index >= 15 is 0 Å². The zero-order chi connectivity index (χ0) is 9.14. The highest BCUT2D eigenvalue weighted by Crippen LogP contribution is 2.14. The molecular weight excluding hydrogens is 220 g/mol. The molecule has 0 atom stereocenters. The summed E-state index contributed by atoms with van der Waals surface area (Å²) in [6.45, 7) is 3.97. The highest BCUT2D eigenvalue weighted by Gasteiger charge is 2.06. The maximum atomic E-state index is 10.5. The van der Waals surface area contributed by atoms with Crippen molar-refractivity contribution >= 4 is 22.2 Å². The molecule has 4 heteroatoms. The summed E-state index contributed by atoms with van der Waals surface area (Å²) in [6.07, 6.45) is 2.32. The Bertz CT molecular complexity index is 299. The fraction of sp³-hybridized carbons (Fsp3) is 0.375. The molecule has 0 N–H and O–H groups in total. The first-order chi connectivity index (χ1) is 5.65. The summed E-state index contributed by atoms with van der Waals surface area (Å²) < 4.78 is 0.641. The SMILES string of the molecule is CC(C)c1ncc(Br)c(C=O)n1. The second-order valence-corrected chi connectivity index (χ2v) is 3.59. The van der Waals surface area contributed by atoms with Crippen LogP contribution in [0.5, 0.6) is 0 Å². The van der Waals surface area contributed by atoms with Crippen molar-refractivity contribution in [1.29, 1.82) is 0 Å². The van der Waals surface area contributed by atoms with Crippen LogP contribution >= 0.6 is 15.9 Å². The highest BCUT2D eigenvalue weighted by molar-refractivity contribution is 9.10. The molecule has 0 amide bonds. The molecule has 0 aliphatic carbocycles. The van der Waals surface area contributed by atoms with Crippen molar-refractivity contribution in [2.24, 2.45) is 0 Å². The molecule has 1 aromatic heterocycles. The van der Waals surface area contributed by atoms with E-state index in [2.05, 4.69) is 25.9 Å². The molecule has 1 rings (SSSR count). The van der Waals surface area contributed by atoms with Crippen molar-refractivity contribution in [3.05, 3.63) is 22.2 Å². The molecular formula is C8H9BrN2O. The summed E-state index contributed by atoms with van der Waals surface area (Å²) in [5.74, 6) is 0.942. The number of halogens is 1. The van der Waals surface area contributed by atoms with Crippen LogP contribution < -0.4 is 0 Å². The van der Waals surface area contributed by atoms with Crippen molar-refractivity contribution in [3.63, 3.8) is 0 Å². The third kappa shape index (κ3) is 1.88. The van der Waals surface area contributed by atoms with Crippen LogP contribution in [0.25, 0.3) is 0 Å². The van der Waals surface area contributed by atoms with Crippen molar-refractivity contribution in [2.75, 3.05) is 0 Å². The van der Waals surface area contributed by atoms with Crippen molar-refractivity contribution in [2.45, 2.75) is 19.8 Å². The zero-order valence-electron chi connectivity index (χ0n) is 6.91. The molecule has 12 heavy (non-hydrogen) atoms. The van der Waals surface area contributed by atoms with Gasteiger partial charge in [-0.1, -0.05) is 13.8 Å². The molecule has 0 fully saturated rings. The van der Waals surface area contributed by atoms with Crippen LogP contribution in [0.1, 0.15) is 36.1 Å². The van der Waals surface area contributed by atoms with Crippen molar-refractivity contribution in [3.8, 4) is 0 Å². The summed E-state index contributed by atoms with van der Waals surface area (Å²) in [5.41, 5.74) is 0.411. The Morgan fingerprint density at radius 2 is 2.25 bits per heavy atom. The lowest BCUT2D eigenvalue weighted by Gasteiger charge is -2.03. The summed E-state index contributed by atoms with van der Waals surface area (Å²) in [7, 11) is 0. The van der Waals surface area contributed by atoms with Crippen LogP contribution in [0.15, 0.2) is 10.7 Å². The van der Waals surface area contributed by atoms with Gasteiger partial charge in [-0.3, -0.25) is 4.79 Å². The maximum Gasteiger partial charge on any atom is 0.169 e. The van der Waals surface area contributed by atoms with E-state index in [1.165, 1.54) is 0 Å². The first-order valence-corrected chi connectivity index (χ1v) is 4.42. The minimum absolute atomic E-state index is 0.247. The van der Waals surface area contributed by atoms with Gasteiger partial charge in [-0.15, -0.1) is 0 Å². The standard InChI is InChI=1S/C8H9BrN2O/c1-5(2)8-10-3-6(9)7(4-12)11-8/h3-5H,1-2H3. The molecule has 0 spiro atoms. The Labute approximate surface area is 79.4 Å². The molecule has 0 bridgehead atoms. The van der Waals surface area contributed by atoms with E-state index in [9.17, 15) is 4.79 Å². The number of carbonyl (C=O) groups is 1. The lowest BCUT2D eigenvalue weighted by molar-refractivity contribution is 0.111. The van der Waals surface area contributed by atoms with Gasteiger partial charge in [0.25, 0.3) is 0 Å². The molecule has 1 heterocycles. The van der Waals surface area contributed by atoms with Gasteiger partial charge in [-0.25, -0.2) is 9.97 Å². The molecule has 0 aromatic carbocycles. The largest absolute Gasteiger partial charge is 0.296 e. The average molecular weight is 229 g/mol. The van der Waals surface area contributed by atoms with Crippen LogP contribution in [0.2, 0.25) is 0 Å². The van der Waals surface area contributed by atoms with E-state index < -0.39 is 0 Å².